The molecule has 0 saturated heterocycles. The molecule has 0 aliphatic heterocycles. The third kappa shape index (κ3) is 3.74. The van der Waals surface area contributed by atoms with Crippen LogP contribution in [0.2, 0.25) is 0 Å². The van der Waals surface area contributed by atoms with Gasteiger partial charge in [0.1, 0.15) is 0 Å². The van der Waals surface area contributed by atoms with Gasteiger partial charge >= 0.3 is 0 Å². The van der Waals surface area contributed by atoms with Crippen LogP contribution in [0.15, 0.2) is 158 Å². The molecule has 234 valence electrons. The molecule has 12 aromatic carbocycles. The van der Waals surface area contributed by atoms with Crippen molar-refractivity contribution in [3.8, 4) is 23.7 Å². The summed E-state index contributed by atoms with van der Waals surface area (Å²) in [5, 5.41) is 22.4. The number of fused-ring (bicyclic) bond motifs is 4. The molecule has 0 unspecified atom stereocenters. The third-order valence-electron chi connectivity index (χ3n) is 11.3. The summed E-state index contributed by atoms with van der Waals surface area (Å²) in [5.41, 5.74) is 4.27. The summed E-state index contributed by atoms with van der Waals surface area (Å²) in [6.45, 7) is 0. The maximum absolute atomic E-state index is 3.71. The van der Waals surface area contributed by atoms with Gasteiger partial charge in [-0.15, -0.1) is 0 Å². The molecular formula is C52H26. The monoisotopic (exact) mass is 650 g/mol. The fourth-order valence-corrected chi connectivity index (χ4v) is 9.03. The van der Waals surface area contributed by atoms with E-state index in [1.54, 1.807) is 0 Å². The predicted molar refractivity (Wildman–Crippen MR) is 222 cm³/mol. The molecule has 0 saturated carbocycles. The van der Waals surface area contributed by atoms with Crippen LogP contribution in [0.25, 0.3) is 97.0 Å². The Bertz CT molecular complexity index is 3230. The van der Waals surface area contributed by atoms with E-state index in [4.69, 9.17) is 0 Å². The Kier molecular flexibility index (Phi) is 5.44. The van der Waals surface area contributed by atoms with Gasteiger partial charge in [-0.2, -0.15) is 0 Å². The highest BCUT2D eigenvalue weighted by atomic mass is 14.2. The molecule has 0 amide bonds. The summed E-state index contributed by atoms with van der Waals surface area (Å²) in [7, 11) is 0. The second-order valence-electron chi connectivity index (χ2n) is 14.1. The fraction of sp³-hybridized carbons (Fsp3) is 0. The first kappa shape index (κ1) is 27.7. The average molecular weight is 651 g/mol. The standard InChI is InChI=1S/C52H26/c1-5-13-40-32(9-1)27-33-10-2-6-14-41(33)46(40)23-21-36-29-38-19-17-31-18-20-39-30-37(45-26-25-44(36)51-49(38)48(31)50(39)52(45)51)22-24-47-42-15-7-3-11-34(42)28-35-12-4-8-16-43(35)47/h1-20,25-30H. The van der Waals surface area contributed by atoms with Crippen LogP contribution in [0.3, 0.4) is 0 Å². The zero-order valence-corrected chi connectivity index (χ0v) is 28.0. The summed E-state index contributed by atoms with van der Waals surface area (Å²) in [4.78, 5) is 0. The molecule has 0 N–H and O–H groups in total. The molecule has 0 bridgehead atoms. The van der Waals surface area contributed by atoms with Gasteiger partial charge in [-0.05, 0) is 121 Å². The van der Waals surface area contributed by atoms with Crippen molar-refractivity contribution in [2.75, 3.05) is 0 Å². The first-order valence-corrected chi connectivity index (χ1v) is 17.9. The van der Waals surface area contributed by atoms with Crippen molar-refractivity contribution in [1.29, 1.82) is 0 Å². The molecule has 12 aromatic rings. The first-order chi connectivity index (χ1) is 25.8. The van der Waals surface area contributed by atoms with Crippen molar-refractivity contribution in [3.63, 3.8) is 0 Å². The summed E-state index contributed by atoms with van der Waals surface area (Å²) in [6.07, 6.45) is 0. The van der Waals surface area contributed by atoms with E-state index in [0.717, 1.165) is 22.3 Å². The van der Waals surface area contributed by atoms with Crippen LogP contribution in [0, 0.1) is 23.7 Å². The quantitative estimate of drug-likeness (QED) is 0.0870. The van der Waals surface area contributed by atoms with Gasteiger partial charge in [0.25, 0.3) is 0 Å². The lowest BCUT2D eigenvalue weighted by molar-refractivity contribution is 1.73. The van der Waals surface area contributed by atoms with Gasteiger partial charge in [0.15, 0.2) is 0 Å². The molecule has 0 radical (unpaired) electrons. The van der Waals surface area contributed by atoms with E-state index < -0.39 is 0 Å². The molecule has 0 aliphatic carbocycles. The molecule has 52 heavy (non-hydrogen) atoms. The Morgan fingerprint density at radius 3 is 0.981 bits per heavy atom. The number of rotatable bonds is 0. The molecule has 0 spiro atoms. The highest BCUT2D eigenvalue weighted by molar-refractivity contribution is 6.45. The van der Waals surface area contributed by atoms with Crippen LogP contribution in [0.5, 0.6) is 0 Å². The molecule has 0 atom stereocenters. The van der Waals surface area contributed by atoms with E-state index >= 15 is 0 Å². The van der Waals surface area contributed by atoms with Crippen molar-refractivity contribution >= 4 is 97.0 Å². The molecule has 0 heterocycles. The normalized spacial score (nSPS) is 11.9. The number of hydrogen-bond acceptors (Lipinski definition) is 0. The molecule has 0 aliphatic rings. The second kappa shape index (κ2) is 10.2. The Labute approximate surface area is 299 Å². The zero-order chi connectivity index (χ0) is 33.9. The first-order valence-electron chi connectivity index (χ1n) is 17.9. The fourth-order valence-electron chi connectivity index (χ4n) is 9.03. The third-order valence-corrected chi connectivity index (χ3v) is 11.3. The Hall–Kier alpha value is -7.12. The minimum absolute atomic E-state index is 1.06. The predicted octanol–water partition coefficient (Wildman–Crippen LogP) is 13.2. The number of hydrogen-bond donors (Lipinski definition) is 0. The molecule has 0 fully saturated rings. The smallest absolute Gasteiger partial charge is 0.0405 e. The van der Waals surface area contributed by atoms with Gasteiger partial charge in [-0.1, -0.05) is 157 Å². The van der Waals surface area contributed by atoms with E-state index in [9.17, 15) is 0 Å². The summed E-state index contributed by atoms with van der Waals surface area (Å²) < 4.78 is 0. The second-order valence-corrected chi connectivity index (χ2v) is 14.1. The molecule has 0 nitrogen and oxygen atoms in total. The summed E-state index contributed by atoms with van der Waals surface area (Å²) >= 11 is 0. The number of benzene rings is 11. The Balaban J connectivity index is 1.14. The maximum Gasteiger partial charge on any atom is 0.0405 e. The largest absolute Gasteiger partial charge is 0.0616 e. The van der Waals surface area contributed by atoms with Crippen molar-refractivity contribution < 1.29 is 0 Å². The van der Waals surface area contributed by atoms with Crippen LogP contribution in [0.1, 0.15) is 22.3 Å². The zero-order valence-electron chi connectivity index (χ0n) is 28.0. The van der Waals surface area contributed by atoms with E-state index in [1.807, 2.05) is 0 Å². The lowest BCUT2D eigenvalue weighted by Crippen LogP contribution is -1.88. The van der Waals surface area contributed by atoms with E-state index in [2.05, 4.69) is 181 Å². The van der Waals surface area contributed by atoms with Gasteiger partial charge < -0.3 is 0 Å². The molecular weight excluding hydrogens is 625 g/mol. The van der Waals surface area contributed by atoms with Crippen molar-refractivity contribution in [2.45, 2.75) is 0 Å². The van der Waals surface area contributed by atoms with Gasteiger partial charge in [0.05, 0.1) is 0 Å². The van der Waals surface area contributed by atoms with Crippen LogP contribution >= 0.6 is 0 Å². The summed E-state index contributed by atoms with van der Waals surface area (Å²) in [5.74, 6) is 14.8. The van der Waals surface area contributed by atoms with E-state index in [1.165, 1.54) is 97.0 Å². The van der Waals surface area contributed by atoms with Crippen molar-refractivity contribution in [3.05, 3.63) is 180 Å². The van der Waals surface area contributed by atoms with Crippen LogP contribution in [-0.2, 0) is 0 Å². The Morgan fingerprint density at radius 1 is 0.231 bits per heavy atom. The van der Waals surface area contributed by atoms with E-state index in [-0.39, 0.29) is 0 Å². The lowest BCUT2D eigenvalue weighted by Gasteiger charge is -2.09. The Morgan fingerprint density at radius 2 is 0.577 bits per heavy atom. The summed E-state index contributed by atoms with van der Waals surface area (Å²) in [6, 6.07) is 57.2. The minimum atomic E-state index is 1.06. The van der Waals surface area contributed by atoms with Gasteiger partial charge in [-0.3, -0.25) is 0 Å². The highest BCUT2D eigenvalue weighted by Crippen LogP contribution is 2.49. The molecule has 12 rings (SSSR count). The average Bonchev–Trinajstić information content (AvgIpc) is 3.57. The van der Waals surface area contributed by atoms with Crippen LogP contribution in [-0.4, -0.2) is 0 Å². The van der Waals surface area contributed by atoms with Crippen LogP contribution < -0.4 is 0 Å². The lowest BCUT2D eigenvalue weighted by atomic mass is 9.93. The van der Waals surface area contributed by atoms with Crippen molar-refractivity contribution in [1.82, 2.24) is 0 Å². The SMILES string of the molecule is C(#Cc1cc2ccc3ccc4cc(C#Cc5c6ccccc6cc6ccccc56)c5ccc1c1c2c3c4c51)c1c2ccccc2cc2ccccc12. The van der Waals surface area contributed by atoms with Crippen LogP contribution in [0.4, 0.5) is 0 Å². The van der Waals surface area contributed by atoms with E-state index in [0.29, 0.717) is 0 Å². The molecule has 0 aromatic heterocycles. The van der Waals surface area contributed by atoms with Gasteiger partial charge in [0, 0.05) is 22.3 Å². The van der Waals surface area contributed by atoms with Gasteiger partial charge in [0.2, 0.25) is 0 Å². The molecule has 0 heteroatoms. The van der Waals surface area contributed by atoms with Gasteiger partial charge in [-0.25, -0.2) is 0 Å². The topological polar surface area (TPSA) is 0 Å². The maximum atomic E-state index is 3.71. The van der Waals surface area contributed by atoms with Crippen molar-refractivity contribution in [2.24, 2.45) is 0 Å². The highest BCUT2D eigenvalue weighted by Gasteiger charge is 2.22. The minimum Gasteiger partial charge on any atom is -0.0616 e.